The van der Waals surface area contributed by atoms with Crippen LogP contribution in [0.2, 0.25) is 0 Å². The molecule has 1 rings (SSSR count). The summed E-state index contributed by atoms with van der Waals surface area (Å²) in [5.74, 6) is 1.59. The normalized spacial score (nSPS) is 19.1. The molecule has 1 fully saturated rings. The summed E-state index contributed by atoms with van der Waals surface area (Å²) >= 11 is 0. The predicted molar refractivity (Wildman–Crippen MR) is 63.4 cm³/mol. The van der Waals surface area contributed by atoms with Crippen molar-refractivity contribution >= 4 is 0 Å². The quantitative estimate of drug-likeness (QED) is 0.663. The SMILES string of the molecule is CC(C)NCC(=CC1CCC1)C(C)C. The van der Waals surface area contributed by atoms with Crippen LogP contribution in [0, 0.1) is 11.8 Å². The van der Waals surface area contributed by atoms with Gasteiger partial charge < -0.3 is 5.32 Å². The molecule has 14 heavy (non-hydrogen) atoms. The van der Waals surface area contributed by atoms with Crippen molar-refractivity contribution in [1.82, 2.24) is 5.32 Å². The summed E-state index contributed by atoms with van der Waals surface area (Å²) in [7, 11) is 0. The van der Waals surface area contributed by atoms with Crippen molar-refractivity contribution in [2.45, 2.75) is 53.0 Å². The fourth-order valence-electron chi connectivity index (χ4n) is 1.69. The van der Waals surface area contributed by atoms with Crippen LogP contribution in [0.3, 0.4) is 0 Å². The molecule has 1 nitrogen and oxygen atoms in total. The second-order valence-corrected chi connectivity index (χ2v) is 5.12. The molecule has 0 heterocycles. The van der Waals surface area contributed by atoms with Crippen molar-refractivity contribution < 1.29 is 0 Å². The van der Waals surface area contributed by atoms with Crippen molar-refractivity contribution in [2.75, 3.05) is 6.54 Å². The summed E-state index contributed by atoms with van der Waals surface area (Å²) < 4.78 is 0. The van der Waals surface area contributed by atoms with Crippen LogP contribution in [-0.4, -0.2) is 12.6 Å². The first-order chi connectivity index (χ1) is 6.59. The van der Waals surface area contributed by atoms with Crippen LogP contribution in [0.15, 0.2) is 11.6 Å². The highest BCUT2D eigenvalue weighted by molar-refractivity contribution is 5.10. The van der Waals surface area contributed by atoms with Gasteiger partial charge in [-0.05, 0) is 24.7 Å². The van der Waals surface area contributed by atoms with Crippen molar-refractivity contribution in [2.24, 2.45) is 11.8 Å². The molecule has 0 unspecified atom stereocenters. The Morgan fingerprint density at radius 2 is 1.93 bits per heavy atom. The Morgan fingerprint density at radius 1 is 1.29 bits per heavy atom. The zero-order valence-corrected chi connectivity index (χ0v) is 10.1. The summed E-state index contributed by atoms with van der Waals surface area (Å²) in [6.07, 6.45) is 6.78. The maximum Gasteiger partial charge on any atom is 0.0169 e. The Hall–Kier alpha value is -0.300. The van der Waals surface area contributed by atoms with E-state index >= 15 is 0 Å². The molecule has 0 amide bonds. The van der Waals surface area contributed by atoms with E-state index in [0.717, 1.165) is 12.5 Å². The number of hydrogen-bond donors (Lipinski definition) is 1. The van der Waals surface area contributed by atoms with Crippen LogP contribution in [0.1, 0.15) is 47.0 Å². The first-order valence-corrected chi connectivity index (χ1v) is 6.03. The van der Waals surface area contributed by atoms with Gasteiger partial charge in [0.05, 0.1) is 0 Å². The topological polar surface area (TPSA) is 12.0 Å². The molecule has 0 aromatic carbocycles. The maximum absolute atomic E-state index is 3.51. The third-order valence-electron chi connectivity index (χ3n) is 3.06. The van der Waals surface area contributed by atoms with Crippen LogP contribution in [0.25, 0.3) is 0 Å². The van der Waals surface area contributed by atoms with Gasteiger partial charge in [-0.3, -0.25) is 0 Å². The zero-order valence-electron chi connectivity index (χ0n) is 10.1. The lowest BCUT2D eigenvalue weighted by Crippen LogP contribution is -2.27. The van der Waals surface area contributed by atoms with Gasteiger partial charge in [0.25, 0.3) is 0 Å². The largest absolute Gasteiger partial charge is 0.311 e. The average Bonchev–Trinajstić information content (AvgIpc) is 1.99. The molecule has 0 aromatic rings. The molecule has 1 aliphatic carbocycles. The number of nitrogens with one attached hydrogen (secondary N) is 1. The molecule has 0 aromatic heterocycles. The van der Waals surface area contributed by atoms with Gasteiger partial charge in [-0.15, -0.1) is 0 Å². The number of rotatable bonds is 5. The molecule has 1 aliphatic rings. The maximum atomic E-state index is 3.51. The van der Waals surface area contributed by atoms with E-state index in [1.165, 1.54) is 19.3 Å². The Bertz CT molecular complexity index is 187. The Kier molecular flexibility index (Phi) is 4.67. The monoisotopic (exact) mass is 195 g/mol. The van der Waals surface area contributed by atoms with Gasteiger partial charge in [0.15, 0.2) is 0 Å². The number of allylic oxidation sites excluding steroid dienone is 1. The lowest BCUT2D eigenvalue weighted by atomic mass is 9.82. The zero-order chi connectivity index (χ0) is 10.6. The van der Waals surface area contributed by atoms with Crippen molar-refractivity contribution in [3.8, 4) is 0 Å². The molecule has 0 radical (unpaired) electrons. The minimum absolute atomic E-state index is 0.596. The highest BCUT2D eigenvalue weighted by Gasteiger charge is 2.16. The second kappa shape index (κ2) is 5.55. The van der Waals surface area contributed by atoms with Gasteiger partial charge in [0.1, 0.15) is 0 Å². The van der Waals surface area contributed by atoms with Crippen molar-refractivity contribution in [3.05, 3.63) is 11.6 Å². The minimum Gasteiger partial charge on any atom is -0.311 e. The Morgan fingerprint density at radius 3 is 2.29 bits per heavy atom. The molecule has 0 bridgehead atoms. The highest BCUT2D eigenvalue weighted by Crippen LogP contribution is 2.29. The van der Waals surface area contributed by atoms with E-state index in [2.05, 4.69) is 39.1 Å². The summed E-state index contributed by atoms with van der Waals surface area (Å²) in [5.41, 5.74) is 1.60. The standard InChI is InChI=1S/C13H25N/c1-10(2)13(9-14-11(3)4)8-12-6-5-7-12/h8,10-12,14H,5-7,9H2,1-4H3. The van der Waals surface area contributed by atoms with Gasteiger partial charge in [0.2, 0.25) is 0 Å². The van der Waals surface area contributed by atoms with Crippen LogP contribution >= 0.6 is 0 Å². The van der Waals surface area contributed by atoms with E-state index in [0.29, 0.717) is 12.0 Å². The lowest BCUT2D eigenvalue weighted by Gasteiger charge is -2.25. The molecular formula is C13H25N. The molecule has 0 saturated heterocycles. The van der Waals surface area contributed by atoms with E-state index in [9.17, 15) is 0 Å². The van der Waals surface area contributed by atoms with Crippen LogP contribution in [-0.2, 0) is 0 Å². The molecule has 0 aliphatic heterocycles. The average molecular weight is 195 g/mol. The van der Waals surface area contributed by atoms with E-state index in [4.69, 9.17) is 0 Å². The summed E-state index contributed by atoms with van der Waals surface area (Å²) in [6.45, 7) is 10.1. The van der Waals surface area contributed by atoms with E-state index in [1.807, 2.05) is 0 Å². The lowest BCUT2D eigenvalue weighted by molar-refractivity contribution is 0.382. The van der Waals surface area contributed by atoms with E-state index in [1.54, 1.807) is 5.57 Å². The van der Waals surface area contributed by atoms with Crippen molar-refractivity contribution in [1.29, 1.82) is 0 Å². The third-order valence-corrected chi connectivity index (χ3v) is 3.06. The first-order valence-electron chi connectivity index (χ1n) is 6.03. The fourth-order valence-corrected chi connectivity index (χ4v) is 1.69. The molecule has 1 N–H and O–H groups in total. The molecule has 0 spiro atoms. The molecule has 1 heteroatoms. The van der Waals surface area contributed by atoms with Gasteiger partial charge in [-0.1, -0.05) is 45.8 Å². The number of hydrogen-bond acceptors (Lipinski definition) is 1. The smallest absolute Gasteiger partial charge is 0.0169 e. The van der Waals surface area contributed by atoms with Gasteiger partial charge >= 0.3 is 0 Å². The third kappa shape index (κ3) is 3.83. The molecule has 0 atom stereocenters. The molecule has 1 saturated carbocycles. The Balaban J connectivity index is 2.41. The fraction of sp³-hybridized carbons (Fsp3) is 0.846. The molecule has 82 valence electrons. The van der Waals surface area contributed by atoms with Gasteiger partial charge in [-0.25, -0.2) is 0 Å². The predicted octanol–water partition coefficient (Wildman–Crippen LogP) is 3.37. The first kappa shape index (κ1) is 11.8. The van der Waals surface area contributed by atoms with Crippen LogP contribution in [0.5, 0.6) is 0 Å². The van der Waals surface area contributed by atoms with Gasteiger partial charge in [-0.2, -0.15) is 0 Å². The van der Waals surface area contributed by atoms with Gasteiger partial charge in [0, 0.05) is 12.6 Å². The minimum atomic E-state index is 0.596. The second-order valence-electron chi connectivity index (χ2n) is 5.12. The van der Waals surface area contributed by atoms with Crippen molar-refractivity contribution in [3.63, 3.8) is 0 Å². The summed E-state index contributed by atoms with van der Waals surface area (Å²) in [6, 6.07) is 0.596. The Labute approximate surface area is 89.0 Å². The summed E-state index contributed by atoms with van der Waals surface area (Å²) in [5, 5.41) is 3.51. The summed E-state index contributed by atoms with van der Waals surface area (Å²) in [4.78, 5) is 0. The van der Waals surface area contributed by atoms with Crippen LogP contribution < -0.4 is 5.32 Å². The highest BCUT2D eigenvalue weighted by atomic mass is 14.9. The molecular weight excluding hydrogens is 170 g/mol. The van der Waals surface area contributed by atoms with E-state index in [-0.39, 0.29) is 0 Å². The van der Waals surface area contributed by atoms with E-state index < -0.39 is 0 Å². The van der Waals surface area contributed by atoms with Crippen LogP contribution in [0.4, 0.5) is 0 Å².